The van der Waals surface area contributed by atoms with Crippen molar-refractivity contribution >= 4 is 28.3 Å². The number of benzene rings is 1. The Morgan fingerprint density at radius 2 is 2.18 bits per heavy atom. The normalized spacial score (nSPS) is 12.6. The first-order chi connectivity index (χ1) is 5.18. The van der Waals surface area contributed by atoms with Gasteiger partial charge in [-0.2, -0.15) is 0 Å². The molecule has 0 amide bonds. The topological polar surface area (TPSA) is 12.0 Å². The van der Waals surface area contributed by atoms with Crippen molar-refractivity contribution in [2.24, 2.45) is 0 Å². The molecule has 0 aliphatic rings. The van der Waals surface area contributed by atoms with Gasteiger partial charge in [-0.1, -0.05) is 34.7 Å². The lowest BCUT2D eigenvalue weighted by atomic mass is 10.2. The number of aryl methyl sites for hydroxylation is 1. The Hall–Kier alpha value is -0.250. The van der Waals surface area contributed by atoms with Gasteiger partial charge in [0.1, 0.15) is 0 Å². The van der Waals surface area contributed by atoms with Gasteiger partial charge in [-0.3, -0.25) is 0 Å². The van der Waals surface area contributed by atoms with Crippen molar-refractivity contribution in [1.29, 1.82) is 0 Å². The first-order valence-electron chi connectivity index (χ1n) is 3.66. The molecule has 0 heterocycles. The summed E-state index contributed by atoms with van der Waals surface area (Å²) in [5, 5.41) is 3.33. The fourth-order valence-electron chi connectivity index (χ4n) is 0.965. The quantitative estimate of drug-likeness (QED) is 0.489. The summed E-state index contributed by atoms with van der Waals surface area (Å²) in [5.74, 6) is 0. The molecule has 0 radical (unpaired) electrons. The van der Waals surface area contributed by atoms with E-state index in [1.54, 1.807) is 0 Å². The Morgan fingerprint density at radius 3 is 2.73 bits per heavy atom. The first kappa shape index (κ1) is 8.84. The molecule has 1 nitrogen and oxygen atoms in total. The summed E-state index contributed by atoms with van der Waals surface area (Å²) in [4.78, 5) is 0. The second-order valence-electron chi connectivity index (χ2n) is 2.63. The third kappa shape index (κ3) is 3.10. The zero-order valence-electron chi connectivity index (χ0n) is 6.76. The highest BCUT2D eigenvalue weighted by atomic mass is 127. The molecule has 0 bridgehead atoms. The van der Waals surface area contributed by atoms with Gasteiger partial charge in [0.15, 0.2) is 0 Å². The van der Waals surface area contributed by atoms with Crippen LogP contribution in [0.1, 0.15) is 12.5 Å². The van der Waals surface area contributed by atoms with Crippen molar-refractivity contribution in [2.75, 3.05) is 5.32 Å². The number of alkyl halides is 1. The van der Waals surface area contributed by atoms with Crippen molar-refractivity contribution in [1.82, 2.24) is 0 Å². The van der Waals surface area contributed by atoms with Crippen LogP contribution in [0.3, 0.4) is 0 Å². The van der Waals surface area contributed by atoms with Crippen molar-refractivity contribution in [3.63, 3.8) is 0 Å². The van der Waals surface area contributed by atoms with E-state index in [0.29, 0.717) is 4.05 Å². The van der Waals surface area contributed by atoms with Crippen LogP contribution in [-0.4, -0.2) is 4.05 Å². The van der Waals surface area contributed by atoms with E-state index in [-0.39, 0.29) is 0 Å². The molecule has 0 spiro atoms. The second-order valence-corrected chi connectivity index (χ2v) is 4.50. The van der Waals surface area contributed by atoms with E-state index in [2.05, 4.69) is 66.0 Å². The van der Waals surface area contributed by atoms with Crippen molar-refractivity contribution < 1.29 is 0 Å². The largest absolute Gasteiger partial charge is 0.374 e. The summed E-state index contributed by atoms with van der Waals surface area (Å²) >= 11 is 2.35. The minimum Gasteiger partial charge on any atom is -0.374 e. The number of nitrogens with one attached hydrogen (secondary N) is 1. The summed E-state index contributed by atoms with van der Waals surface area (Å²) in [6.07, 6.45) is 0. The van der Waals surface area contributed by atoms with Crippen LogP contribution in [0.15, 0.2) is 24.3 Å². The minimum atomic E-state index is 0.481. The SMILES string of the molecule is Cc1cccc(NC(C)I)c1. The molecule has 1 atom stereocenters. The Kier molecular flexibility index (Phi) is 3.17. The minimum absolute atomic E-state index is 0.481. The van der Waals surface area contributed by atoms with E-state index in [1.165, 1.54) is 11.3 Å². The Morgan fingerprint density at radius 1 is 1.45 bits per heavy atom. The Balaban J connectivity index is 2.71. The molecule has 0 saturated carbocycles. The molecule has 0 aliphatic heterocycles. The fraction of sp³-hybridized carbons (Fsp3) is 0.333. The lowest BCUT2D eigenvalue weighted by molar-refractivity contribution is 1.17. The van der Waals surface area contributed by atoms with Crippen LogP contribution >= 0.6 is 22.6 Å². The first-order valence-corrected chi connectivity index (χ1v) is 4.90. The Bertz CT molecular complexity index is 233. The predicted molar refractivity (Wildman–Crippen MR) is 58.3 cm³/mol. The maximum absolute atomic E-state index is 3.33. The maximum atomic E-state index is 3.33. The maximum Gasteiger partial charge on any atom is 0.0752 e. The average Bonchev–Trinajstić information content (AvgIpc) is 1.85. The molecule has 0 saturated heterocycles. The number of anilines is 1. The zero-order valence-corrected chi connectivity index (χ0v) is 8.92. The van der Waals surface area contributed by atoms with E-state index in [1.807, 2.05) is 0 Å². The van der Waals surface area contributed by atoms with E-state index in [0.717, 1.165) is 0 Å². The summed E-state index contributed by atoms with van der Waals surface area (Å²) in [6.45, 7) is 4.23. The number of hydrogen-bond acceptors (Lipinski definition) is 1. The molecule has 1 N–H and O–H groups in total. The van der Waals surface area contributed by atoms with Gasteiger partial charge in [-0.25, -0.2) is 0 Å². The molecular formula is C9H12IN. The monoisotopic (exact) mass is 261 g/mol. The molecule has 1 aromatic carbocycles. The predicted octanol–water partition coefficient (Wildman–Crippen LogP) is 3.19. The van der Waals surface area contributed by atoms with Crippen LogP contribution < -0.4 is 5.32 Å². The Labute approximate surface area is 81.3 Å². The summed E-state index contributed by atoms with van der Waals surface area (Å²) in [5.41, 5.74) is 2.50. The highest BCUT2D eigenvalue weighted by Crippen LogP contribution is 2.12. The number of halogens is 1. The zero-order chi connectivity index (χ0) is 8.27. The van der Waals surface area contributed by atoms with Gasteiger partial charge in [0, 0.05) is 5.69 Å². The van der Waals surface area contributed by atoms with Crippen molar-refractivity contribution in [3.05, 3.63) is 29.8 Å². The molecule has 2 heteroatoms. The van der Waals surface area contributed by atoms with Crippen LogP contribution in [0.4, 0.5) is 5.69 Å². The van der Waals surface area contributed by atoms with E-state index in [9.17, 15) is 0 Å². The van der Waals surface area contributed by atoms with Crippen LogP contribution in [-0.2, 0) is 0 Å². The third-order valence-corrected chi connectivity index (χ3v) is 1.70. The smallest absolute Gasteiger partial charge is 0.0752 e. The molecule has 1 rings (SSSR count). The summed E-state index contributed by atoms with van der Waals surface area (Å²) in [6, 6.07) is 8.40. The second kappa shape index (κ2) is 3.95. The fourth-order valence-corrected chi connectivity index (χ4v) is 1.32. The lowest BCUT2D eigenvalue weighted by Crippen LogP contribution is -2.05. The van der Waals surface area contributed by atoms with Gasteiger partial charge in [-0.15, -0.1) is 0 Å². The van der Waals surface area contributed by atoms with Gasteiger partial charge in [-0.05, 0) is 31.5 Å². The molecule has 60 valence electrons. The van der Waals surface area contributed by atoms with Crippen molar-refractivity contribution in [2.45, 2.75) is 17.9 Å². The van der Waals surface area contributed by atoms with E-state index < -0.39 is 0 Å². The van der Waals surface area contributed by atoms with Crippen LogP contribution in [0.2, 0.25) is 0 Å². The molecule has 0 aliphatic carbocycles. The van der Waals surface area contributed by atoms with E-state index in [4.69, 9.17) is 0 Å². The van der Waals surface area contributed by atoms with Gasteiger partial charge < -0.3 is 5.32 Å². The van der Waals surface area contributed by atoms with Gasteiger partial charge in [0.2, 0.25) is 0 Å². The van der Waals surface area contributed by atoms with Crippen molar-refractivity contribution in [3.8, 4) is 0 Å². The van der Waals surface area contributed by atoms with E-state index >= 15 is 0 Å². The lowest BCUT2D eigenvalue weighted by Gasteiger charge is -2.08. The highest BCUT2D eigenvalue weighted by Gasteiger charge is 1.94. The van der Waals surface area contributed by atoms with Gasteiger partial charge >= 0.3 is 0 Å². The van der Waals surface area contributed by atoms with Gasteiger partial charge in [0.05, 0.1) is 4.05 Å². The third-order valence-electron chi connectivity index (χ3n) is 1.38. The standard InChI is InChI=1S/C9H12IN/c1-7-4-3-5-9(6-7)11-8(2)10/h3-6,8,11H,1-2H3. The van der Waals surface area contributed by atoms with Gasteiger partial charge in [0.25, 0.3) is 0 Å². The molecule has 0 fully saturated rings. The number of rotatable bonds is 2. The molecule has 1 aromatic rings. The highest BCUT2D eigenvalue weighted by molar-refractivity contribution is 14.1. The summed E-state index contributed by atoms with van der Waals surface area (Å²) < 4.78 is 0.481. The molecule has 1 unspecified atom stereocenters. The molecular weight excluding hydrogens is 249 g/mol. The molecule has 11 heavy (non-hydrogen) atoms. The molecule has 0 aromatic heterocycles. The van der Waals surface area contributed by atoms with Crippen LogP contribution in [0.25, 0.3) is 0 Å². The van der Waals surface area contributed by atoms with Crippen LogP contribution in [0, 0.1) is 6.92 Å². The summed E-state index contributed by atoms with van der Waals surface area (Å²) in [7, 11) is 0. The van der Waals surface area contributed by atoms with Crippen LogP contribution in [0.5, 0.6) is 0 Å². The number of hydrogen-bond donors (Lipinski definition) is 1. The average molecular weight is 261 g/mol.